The maximum atomic E-state index is 11.3. The number of hydrogen-bond donors (Lipinski definition) is 2. The first-order valence-corrected chi connectivity index (χ1v) is 6.26. The Morgan fingerprint density at radius 2 is 2.37 bits per heavy atom. The molecule has 0 spiro atoms. The highest BCUT2D eigenvalue weighted by molar-refractivity contribution is 5.97. The Morgan fingerprint density at radius 3 is 3.00 bits per heavy atom. The molecule has 0 aromatic carbocycles. The highest BCUT2D eigenvalue weighted by Crippen LogP contribution is 2.29. The van der Waals surface area contributed by atoms with Crippen LogP contribution in [0.1, 0.15) is 28.7 Å². The lowest BCUT2D eigenvalue weighted by Crippen LogP contribution is -2.14. The van der Waals surface area contributed by atoms with Crippen LogP contribution in [-0.2, 0) is 0 Å². The summed E-state index contributed by atoms with van der Waals surface area (Å²) in [7, 11) is 2.06. The SMILES string of the molecule is CN1CCC(c2nc(C(=O)O)c3c(N)cccn23)C1. The molecule has 0 radical (unpaired) electrons. The van der Waals surface area contributed by atoms with E-state index in [4.69, 9.17) is 5.73 Å². The molecule has 3 rings (SSSR count). The number of anilines is 1. The van der Waals surface area contributed by atoms with Gasteiger partial charge in [0.2, 0.25) is 0 Å². The van der Waals surface area contributed by atoms with Crippen molar-refractivity contribution >= 4 is 17.2 Å². The van der Waals surface area contributed by atoms with Crippen molar-refractivity contribution < 1.29 is 9.90 Å². The molecule has 0 bridgehead atoms. The Bertz CT molecular complexity index is 649. The minimum Gasteiger partial charge on any atom is -0.476 e. The van der Waals surface area contributed by atoms with Gasteiger partial charge >= 0.3 is 5.97 Å². The number of fused-ring (bicyclic) bond motifs is 1. The molecule has 1 atom stereocenters. The van der Waals surface area contributed by atoms with E-state index in [-0.39, 0.29) is 11.6 Å². The molecule has 100 valence electrons. The van der Waals surface area contributed by atoms with Gasteiger partial charge in [-0.3, -0.25) is 0 Å². The number of carboxylic acids is 1. The molecule has 2 aromatic heterocycles. The topological polar surface area (TPSA) is 83.9 Å². The Morgan fingerprint density at radius 1 is 1.58 bits per heavy atom. The van der Waals surface area contributed by atoms with Gasteiger partial charge in [-0.15, -0.1) is 0 Å². The molecule has 3 N–H and O–H groups in total. The maximum absolute atomic E-state index is 11.3. The Balaban J connectivity index is 2.20. The first-order chi connectivity index (χ1) is 9.08. The molecule has 6 nitrogen and oxygen atoms in total. The van der Waals surface area contributed by atoms with Crippen LogP contribution in [0, 0.1) is 0 Å². The van der Waals surface area contributed by atoms with Gasteiger partial charge in [0, 0.05) is 18.7 Å². The van der Waals surface area contributed by atoms with Gasteiger partial charge in [0.05, 0.1) is 5.69 Å². The number of aromatic carboxylic acids is 1. The summed E-state index contributed by atoms with van der Waals surface area (Å²) in [5.41, 5.74) is 6.89. The minimum absolute atomic E-state index is 0.0441. The number of likely N-dealkylation sites (N-methyl/N-ethyl adjacent to an activating group) is 1. The highest BCUT2D eigenvalue weighted by atomic mass is 16.4. The van der Waals surface area contributed by atoms with Gasteiger partial charge in [-0.05, 0) is 32.1 Å². The standard InChI is InChI=1S/C13H16N4O2/c1-16-6-4-8(7-16)12-15-10(13(18)19)11-9(14)3-2-5-17(11)12/h2-3,5,8H,4,6-7,14H2,1H3,(H,18,19). The second kappa shape index (κ2) is 4.24. The molecule has 1 aliphatic rings. The van der Waals surface area contributed by atoms with Gasteiger partial charge in [-0.2, -0.15) is 0 Å². The number of nitrogens with zero attached hydrogens (tertiary/aromatic N) is 3. The van der Waals surface area contributed by atoms with Crippen molar-refractivity contribution in [3.63, 3.8) is 0 Å². The predicted molar refractivity (Wildman–Crippen MR) is 71.4 cm³/mol. The van der Waals surface area contributed by atoms with Gasteiger partial charge in [0.25, 0.3) is 0 Å². The Hall–Kier alpha value is -2.08. The number of nitrogen functional groups attached to an aromatic ring is 1. The summed E-state index contributed by atoms with van der Waals surface area (Å²) in [4.78, 5) is 17.9. The van der Waals surface area contributed by atoms with Crippen LogP contribution in [0.2, 0.25) is 0 Å². The smallest absolute Gasteiger partial charge is 0.356 e. The lowest BCUT2D eigenvalue weighted by atomic mass is 10.1. The van der Waals surface area contributed by atoms with E-state index in [9.17, 15) is 9.90 Å². The number of nitrogens with two attached hydrogens (primary N) is 1. The molecule has 1 saturated heterocycles. The summed E-state index contributed by atoms with van der Waals surface area (Å²) in [6, 6.07) is 3.52. The molecule has 1 aliphatic heterocycles. The predicted octanol–water partition coefficient (Wildman–Crippen LogP) is 1.03. The second-order valence-corrected chi connectivity index (χ2v) is 5.05. The molecule has 1 unspecified atom stereocenters. The maximum Gasteiger partial charge on any atom is 0.356 e. The molecule has 19 heavy (non-hydrogen) atoms. The molecule has 0 saturated carbocycles. The van der Waals surface area contributed by atoms with E-state index in [1.54, 1.807) is 6.07 Å². The van der Waals surface area contributed by atoms with E-state index in [1.165, 1.54) is 0 Å². The summed E-state index contributed by atoms with van der Waals surface area (Å²) in [6.07, 6.45) is 2.82. The highest BCUT2D eigenvalue weighted by Gasteiger charge is 2.28. The molecule has 3 heterocycles. The first kappa shape index (κ1) is 12.0. The fourth-order valence-electron chi connectivity index (χ4n) is 2.77. The van der Waals surface area contributed by atoms with E-state index in [2.05, 4.69) is 16.9 Å². The van der Waals surface area contributed by atoms with Crippen molar-refractivity contribution in [1.82, 2.24) is 14.3 Å². The average molecular weight is 260 g/mol. The van der Waals surface area contributed by atoms with Gasteiger partial charge in [-0.1, -0.05) is 0 Å². The summed E-state index contributed by atoms with van der Waals surface area (Å²) >= 11 is 0. The zero-order valence-electron chi connectivity index (χ0n) is 10.7. The number of likely N-dealkylation sites (tertiary alicyclic amines) is 1. The zero-order chi connectivity index (χ0) is 13.6. The number of imidazole rings is 1. The van der Waals surface area contributed by atoms with E-state index in [0.29, 0.717) is 11.2 Å². The number of carboxylic acid groups (broad SMARTS) is 1. The third-order valence-corrected chi connectivity index (χ3v) is 3.68. The molecule has 2 aromatic rings. The van der Waals surface area contributed by atoms with Crippen molar-refractivity contribution in [2.24, 2.45) is 0 Å². The van der Waals surface area contributed by atoms with Gasteiger partial charge in [0.1, 0.15) is 11.3 Å². The Labute approximate surface area is 110 Å². The van der Waals surface area contributed by atoms with Crippen molar-refractivity contribution in [2.45, 2.75) is 12.3 Å². The quantitative estimate of drug-likeness (QED) is 0.842. The van der Waals surface area contributed by atoms with Crippen molar-refractivity contribution in [3.8, 4) is 0 Å². The minimum atomic E-state index is -1.03. The van der Waals surface area contributed by atoms with E-state index in [1.807, 2.05) is 16.7 Å². The first-order valence-electron chi connectivity index (χ1n) is 6.26. The monoisotopic (exact) mass is 260 g/mol. The molecular formula is C13H16N4O2. The second-order valence-electron chi connectivity index (χ2n) is 5.05. The summed E-state index contributed by atoms with van der Waals surface area (Å²) < 4.78 is 1.82. The van der Waals surface area contributed by atoms with Crippen molar-refractivity contribution in [1.29, 1.82) is 0 Å². The largest absolute Gasteiger partial charge is 0.476 e. The zero-order valence-corrected chi connectivity index (χ0v) is 10.7. The lowest BCUT2D eigenvalue weighted by Gasteiger charge is -2.09. The molecule has 0 amide bonds. The molecular weight excluding hydrogens is 244 g/mol. The van der Waals surface area contributed by atoms with Crippen LogP contribution in [0.25, 0.3) is 5.52 Å². The summed E-state index contributed by atoms with van der Waals surface area (Å²) in [5.74, 6) is 0.0180. The van der Waals surface area contributed by atoms with E-state index in [0.717, 1.165) is 25.3 Å². The van der Waals surface area contributed by atoms with E-state index >= 15 is 0 Å². The number of carbonyl (C=O) groups is 1. The third-order valence-electron chi connectivity index (χ3n) is 3.68. The van der Waals surface area contributed by atoms with Crippen LogP contribution >= 0.6 is 0 Å². The van der Waals surface area contributed by atoms with Crippen LogP contribution in [0.15, 0.2) is 18.3 Å². The van der Waals surface area contributed by atoms with Gasteiger partial charge in [0.15, 0.2) is 5.69 Å². The normalized spacial score (nSPS) is 20.2. The third kappa shape index (κ3) is 1.84. The lowest BCUT2D eigenvalue weighted by molar-refractivity contribution is 0.0693. The fourth-order valence-corrected chi connectivity index (χ4v) is 2.77. The van der Waals surface area contributed by atoms with Crippen LogP contribution < -0.4 is 5.73 Å². The number of hydrogen-bond acceptors (Lipinski definition) is 4. The van der Waals surface area contributed by atoms with Crippen LogP contribution in [0.4, 0.5) is 5.69 Å². The van der Waals surface area contributed by atoms with Crippen molar-refractivity contribution in [3.05, 3.63) is 29.8 Å². The van der Waals surface area contributed by atoms with Crippen LogP contribution in [-0.4, -0.2) is 45.5 Å². The number of pyridine rings is 1. The van der Waals surface area contributed by atoms with Crippen molar-refractivity contribution in [2.75, 3.05) is 25.9 Å². The average Bonchev–Trinajstić information content (AvgIpc) is 2.93. The fraction of sp³-hybridized carbons (Fsp3) is 0.385. The molecule has 0 aliphatic carbocycles. The van der Waals surface area contributed by atoms with Gasteiger partial charge < -0.3 is 20.1 Å². The number of rotatable bonds is 2. The summed E-state index contributed by atoms with van der Waals surface area (Å²) in [6.45, 7) is 1.90. The molecule has 1 fully saturated rings. The number of aromatic nitrogens is 2. The van der Waals surface area contributed by atoms with Crippen LogP contribution in [0.5, 0.6) is 0 Å². The van der Waals surface area contributed by atoms with Gasteiger partial charge in [-0.25, -0.2) is 9.78 Å². The Kier molecular flexibility index (Phi) is 2.67. The molecule has 6 heteroatoms. The summed E-state index contributed by atoms with van der Waals surface area (Å²) in [5, 5.41) is 9.27. The van der Waals surface area contributed by atoms with E-state index < -0.39 is 5.97 Å². The van der Waals surface area contributed by atoms with Crippen LogP contribution in [0.3, 0.4) is 0 Å².